The first-order chi connectivity index (χ1) is 11.8. The summed E-state index contributed by atoms with van der Waals surface area (Å²) in [6.07, 6.45) is 7.39. The monoisotopic (exact) mass is 322 g/mol. The average molecular weight is 322 g/mol. The molecule has 6 heteroatoms. The summed E-state index contributed by atoms with van der Waals surface area (Å²) in [5, 5.41) is 8.83. The van der Waals surface area contributed by atoms with Gasteiger partial charge in [-0.2, -0.15) is 5.26 Å². The molecular weight excluding hydrogens is 300 g/mol. The highest BCUT2D eigenvalue weighted by atomic mass is 15.2. The van der Waals surface area contributed by atoms with Gasteiger partial charge in [-0.3, -0.25) is 0 Å². The Labute approximate surface area is 142 Å². The maximum absolute atomic E-state index is 8.83. The number of hydrogen-bond donors (Lipinski definition) is 0. The summed E-state index contributed by atoms with van der Waals surface area (Å²) in [5.41, 5.74) is 0.360. The average Bonchev–Trinajstić information content (AvgIpc) is 2.67. The fraction of sp³-hybridized carbons (Fsp3) is 0.444. The Balaban J connectivity index is 1.57. The van der Waals surface area contributed by atoms with Gasteiger partial charge in [0.15, 0.2) is 5.69 Å². The first kappa shape index (κ1) is 16.2. The molecule has 0 aromatic carbocycles. The standard InChI is InChI=1S/C18H22N6/c1-2-23(18-13-21-16(11-19)12-22-18)14-15-6-9-24(10-7-15)17-5-3-4-8-20-17/h3-5,8,12-13,15H,2,6-7,9-10,14H2,1H3. The molecule has 24 heavy (non-hydrogen) atoms. The normalized spacial score (nSPS) is 15.1. The molecule has 124 valence electrons. The van der Waals surface area contributed by atoms with E-state index in [0.29, 0.717) is 11.6 Å². The first-order valence-corrected chi connectivity index (χ1v) is 8.43. The number of rotatable bonds is 5. The lowest BCUT2D eigenvalue weighted by molar-refractivity contribution is 0.402. The molecule has 0 aliphatic carbocycles. The van der Waals surface area contributed by atoms with E-state index in [1.165, 1.54) is 0 Å². The van der Waals surface area contributed by atoms with Gasteiger partial charge in [0.2, 0.25) is 0 Å². The van der Waals surface area contributed by atoms with Crippen molar-refractivity contribution in [3.63, 3.8) is 0 Å². The van der Waals surface area contributed by atoms with Crippen LogP contribution in [0.2, 0.25) is 0 Å². The molecule has 0 unspecified atom stereocenters. The van der Waals surface area contributed by atoms with Crippen LogP contribution in [0.5, 0.6) is 0 Å². The highest BCUT2D eigenvalue weighted by Crippen LogP contribution is 2.23. The summed E-state index contributed by atoms with van der Waals surface area (Å²) >= 11 is 0. The van der Waals surface area contributed by atoms with Crippen LogP contribution in [0.1, 0.15) is 25.5 Å². The first-order valence-electron chi connectivity index (χ1n) is 8.43. The van der Waals surface area contributed by atoms with Gasteiger partial charge in [0.05, 0.1) is 12.4 Å². The highest BCUT2D eigenvalue weighted by Gasteiger charge is 2.22. The third-order valence-corrected chi connectivity index (χ3v) is 4.52. The third-order valence-electron chi connectivity index (χ3n) is 4.52. The van der Waals surface area contributed by atoms with Crippen LogP contribution < -0.4 is 9.80 Å². The Hall–Kier alpha value is -2.68. The van der Waals surface area contributed by atoms with Crippen molar-refractivity contribution in [3.05, 3.63) is 42.5 Å². The number of hydrogen-bond acceptors (Lipinski definition) is 6. The second-order valence-electron chi connectivity index (χ2n) is 6.03. The van der Waals surface area contributed by atoms with Crippen molar-refractivity contribution >= 4 is 11.6 Å². The van der Waals surface area contributed by atoms with E-state index in [2.05, 4.69) is 37.7 Å². The molecule has 0 atom stereocenters. The van der Waals surface area contributed by atoms with Crippen molar-refractivity contribution in [2.75, 3.05) is 36.0 Å². The maximum Gasteiger partial charge on any atom is 0.158 e. The lowest BCUT2D eigenvalue weighted by atomic mass is 9.96. The molecule has 0 bridgehead atoms. The Kier molecular flexibility index (Phi) is 5.22. The van der Waals surface area contributed by atoms with Gasteiger partial charge in [0.1, 0.15) is 17.7 Å². The Bertz CT molecular complexity index is 671. The molecule has 1 aliphatic heterocycles. The Morgan fingerprint density at radius 1 is 1.21 bits per heavy atom. The Morgan fingerprint density at radius 3 is 2.62 bits per heavy atom. The number of pyridine rings is 1. The van der Waals surface area contributed by atoms with Gasteiger partial charge in [0, 0.05) is 32.4 Å². The molecule has 0 N–H and O–H groups in total. The van der Waals surface area contributed by atoms with Crippen molar-refractivity contribution in [3.8, 4) is 6.07 Å². The van der Waals surface area contributed by atoms with Crippen molar-refractivity contribution < 1.29 is 0 Å². The van der Waals surface area contributed by atoms with Crippen LogP contribution in [-0.2, 0) is 0 Å². The van der Waals surface area contributed by atoms with Crippen molar-refractivity contribution in [1.82, 2.24) is 15.0 Å². The molecule has 1 aliphatic rings. The SMILES string of the molecule is CCN(CC1CCN(c2ccccn2)CC1)c1cnc(C#N)cn1. The molecule has 1 fully saturated rings. The Morgan fingerprint density at radius 2 is 2.04 bits per heavy atom. The quantitative estimate of drug-likeness (QED) is 0.842. The van der Waals surface area contributed by atoms with E-state index in [-0.39, 0.29) is 0 Å². The fourth-order valence-corrected chi connectivity index (χ4v) is 3.12. The highest BCUT2D eigenvalue weighted by molar-refractivity contribution is 5.39. The van der Waals surface area contributed by atoms with E-state index in [1.807, 2.05) is 24.4 Å². The van der Waals surface area contributed by atoms with Crippen molar-refractivity contribution in [1.29, 1.82) is 5.26 Å². The van der Waals surface area contributed by atoms with Crippen LogP contribution in [0.4, 0.5) is 11.6 Å². The van der Waals surface area contributed by atoms with Crippen molar-refractivity contribution in [2.24, 2.45) is 5.92 Å². The number of aromatic nitrogens is 3. The van der Waals surface area contributed by atoms with Crippen LogP contribution in [0.25, 0.3) is 0 Å². The molecule has 3 heterocycles. The number of nitriles is 1. The lowest BCUT2D eigenvalue weighted by Crippen LogP contribution is -2.39. The molecule has 6 nitrogen and oxygen atoms in total. The zero-order valence-corrected chi connectivity index (χ0v) is 14.0. The molecule has 3 rings (SSSR count). The second-order valence-corrected chi connectivity index (χ2v) is 6.03. The van der Waals surface area contributed by atoms with E-state index in [0.717, 1.165) is 50.7 Å². The lowest BCUT2D eigenvalue weighted by Gasteiger charge is -2.35. The van der Waals surface area contributed by atoms with Gasteiger partial charge >= 0.3 is 0 Å². The van der Waals surface area contributed by atoms with Gasteiger partial charge in [-0.05, 0) is 37.8 Å². The predicted octanol–water partition coefficient (Wildman–Crippen LogP) is 2.49. The summed E-state index contributed by atoms with van der Waals surface area (Å²) in [4.78, 5) is 17.5. The molecule has 2 aromatic rings. The van der Waals surface area contributed by atoms with Crippen LogP contribution in [0.3, 0.4) is 0 Å². The van der Waals surface area contributed by atoms with Gasteiger partial charge < -0.3 is 9.80 Å². The largest absolute Gasteiger partial charge is 0.357 e. The molecule has 1 saturated heterocycles. The minimum absolute atomic E-state index is 0.360. The zero-order valence-electron chi connectivity index (χ0n) is 14.0. The molecular formula is C18H22N6. The van der Waals surface area contributed by atoms with Gasteiger partial charge in [-0.15, -0.1) is 0 Å². The fourth-order valence-electron chi connectivity index (χ4n) is 3.12. The summed E-state index contributed by atoms with van der Waals surface area (Å²) in [6, 6.07) is 8.07. The molecule has 0 spiro atoms. The number of piperidine rings is 1. The third kappa shape index (κ3) is 3.80. The number of nitrogens with zero attached hydrogens (tertiary/aromatic N) is 6. The second kappa shape index (κ2) is 7.73. The minimum atomic E-state index is 0.360. The van der Waals surface area contributed by atoms with Crippen LogP contribution in [0.15, 0.2) is 36.8 Å². The van der Waals surface area contributed by atoms with Gasteiger partial charge in [-0.25, -0.2) is 15.0 Å². The van der Waals surface area contributed by atoms with Crippen LogP contribution in [0, 0.1) is 17.2 Å². The topological polar surface area (TPSA) is 68.9 Å². The summed E-state index contributed by atoms with van der Waals surface area (Å²) < 4.78 is 0. The smallest absolute Gasteiger partial charge is 0.158 e. The predicted molar refractivity (Wildman–Crippen MR) is 93.8 cm³/mol. The van der Waals surface area contributed by atoms with Crippen LogP contribution >= 0.6 is 0 Å². The van der Waals surface area contributed by atoms with E-state index in [1.54, 1.807) is 12.4 Å². The molecule has 0 saturated carbocycles. The van der Waals surface area contributed by atoms with Gasteiger partial charge in [0.25, 0.3) is 0 Å². The summed E-state index contributed by atoms with van der Waals surface area (Å²) in [7, 11) is 0. The minimum Gasteiger partial charge on any atom is -0.357 e. The summed E-state index contributed by atoms with van der Waals surface area (Å²) in [6.45, 7) is 6.08. The van der Waals surface area contributed by atoms with Crippen molar-refractivity contribution in [2.45, 2.75) is 19.8 Å². The maximum atomic E-state index is 8.83. The van der Waals surface area contributed by atoms with E-state index in [4.69, 9.17) is 5.26 Å². The number of anilines is 2. The van der Waals surface area contributed by atoms with Crippen LogP contribution in [-0.4, -0.2) is 41.1 Å². The summed E-state index contributed by atoms with van der Waals surface area (Å²) in [5.74, 6) is 2.56. The van der Waals surface area contributed by atoms with E-state index >= 15 is 0 Å². The van der Waals surface area contributed by atoms with E-state index < -0.39 is 0 Å². The zero-order chi connectivity index (χ0) is 16.8. The molecule has 2 aromatic heterocycles. The molecule has 0 radical (unpaired) electrons. The van der Waals surface area contributed by atoms with Gasteiger partial charge in [-0.1, -0.05) is 6.07 Å². The molecule has 0 amide bonds. The van der Waals surface area contributed by atoms with E-state index in [9.17, 15) is 0 Å².